The molecule has 0 spiro atoms. The highest BCUT2D eigenvalue weighted by molar-refractivity contribution is 7.88. The number of carboxylic acid groups (broad SMARTS) is 3. The summed E-state index contributed by atoms with van der Waals surface area (Å²) >= 11 is 0. The van der Waals surface area contributed by atoms with Crippen LogP contribution in [0.3, 0.4) is 0 Å². The molecule has 6 N–H and O–H groups in total. The molecule has 1 aliphatic carbocycles. The summed E-state index contributed by atoms with van der Waals surface area (Å²) < 4.78 is 88.8. The zero-order valence-corrected chi connectivity index (χ0v) is 28.0. The first-order chi connectivity index (χ1) is 23.4. The van der Waals surface area contributed by atoms with Gasteiger partial charge in [-0.1, -0.05) is 0 Å². The number of carboxylic acids is 3. The van der Waals surface area contributed by atoms with E-state index < -0.39 is 46.3 Å². The molecule has 1 aromatic carbocycles. The number of piperazine rings is 1. The number of amides is 2. The van der Waals surface area contributed by atoms with Crippen molar-refractivity contribution >= 4 is 45.4 Å². The largest absolute Gasteiger partial charge is 0.490 e. The van der Waals surface area contributed by atoms with E-state index in [4.69, 9.17) is 30.6 Å². The number of halogens is 6. The Hall–Kier alpha value is -4.02. The number of benzene rings is 1. The van der Waals surface area contributed by atoms with E-state index >= 15 is 0 Å². The quantitative estimate of drug-likeness (QED) is 0.251. The lowest BCUT2D eigenvalue weighted by molar-refractivity contribution is -0.193. The number of hydrogen-bond acceptors (Lipinski definition) is 9. The molecule has 288 valence electrons. The van der Waals surface area contributed by atoms with Gasteiger partial charge in [0.05, 0.1) is 11.8 Å². The zero-order valence-electron chi connectivity index (χ0n) is 27.2. The van der Waals surface area contributed by atoms with Crippen molar-refractivity contribution < 1.29 is 74.1 Å². The van der Waals surface area contributed by atoms with Gasteiger partial charge in [0.15, 0.2) is 0 Å². The van der Waals surface area contributed by atoms with E-state index in [1.54, 1.807) is 17.0 Å². The molecule has 4 rings (SSSR count). The third-order valence-electron chi connectivity index (χ3n) is 8.54. The molecule has 2 amide bonds. The maximum atomic E-state index is 13.6. The van der Waals surface area contributed by atoms with Crippen LogP contribution >= 0.6 is 0 Å². The maximum Gasteiger partial charge on any atom is 0.490 e. The molecule has 0 unspecified atom stereocenters. The van der Waals surface area contributed by atoms with Gasteiger partial charge in [0, 0.05) is 50.4 Å². The lowest BCUT2D eigenvalue weighted by Crippen LogP contribution is -2.52. The molecule has 2 aliphatic heterocycles. The van der Waals surface area contributed by atoms with Crippen molar-refractivity contribution in [2.75, 3.05) is 50.8 Å². The minimum Gasteiger partial charge on any atom is -0.478 e. The highest BCUT2D eigenvalue weighted by Gasteiger charge is 2.45. The Balaban J connectivity index is 0.000000543. The van der Waals surface area contributed by atoms with Gasteiger partial charge >= 0.3 is 30.3 Å². The van der Waals surface area contributed by atoms with Crippen molar-refractivity contribution in [2.45, 2.75) is 56.5 Å². The van der Waals surface area contributed by atoms with Crippen LogP contribution in [0.1, 0.15) is 42.5 Å². The molecule has 1 saturated carbocycles. The standard InChI is InChI=1S/C25H37N5O6S.2C2HF3O2/c1-37(35,36)29-12-10-28(11-13-29)21-14-22(23(31)27-20-8-6-19(7-9-20)25(33)34)30(16-21)24(32)18-4-2-17(15-26)3-5-18;2*3-2(4,5)1(6)7/h6-9,17-18,21-22H,2-5,10-16,26H2,1H3,(H,27,31)(H,33,34);2*(H,6,7)/t17-,18+,21-,22-;;/m0../s1. The Morgan fingerprint density at radius 2 is 1.31 bits per heavy atom. The van der Waals surface area contributed by atoms with Crippen LogP contribution < -0.4 is 11.1 Å². The van der Waals surface area contributed by atoms with Gasteiger partial charge in [0.1, 0.15) is 6.04 Å². The number of anilines is 1. The summed E-state index contributed by atoms with van der Waals surface area (Å²) in [5.74, 6) is -6.56. The second-order valence-corrected chi connectivity index (χ2v) is 14.0. The highest BCUT2D eigenvalue weighted by atomic mass is 32.2. The third-order valence-corrected chi connectivity index (χ3v) is 9.84. The predicted octanol–water partition coefficient (Wildman–Crippen LogP) is 1.90. The van der Waals surface area contributed by atoms with Crippen LogP contribution in [-0.2, 0) is 29.2 Å². The number of sulfonamides is 1. The molecule has 22 heteroatoms. The van der Waals surface area contributed by atoms with Crippen LogP contribution in [0.5, 0.6) is 0 Å². The van der Waals surface area contributed by atoms with Crippen LogP contribution in [0, 0.1) is 11.8 Å². The van der Waals surface area contributed by atoms with Crippen molar-refractivity contribution in [1.29, 1.82) is 0 Å². The molecule has 1 aromatic rings. The van der Waals surface area contributed by atoms with Gasteiger partial charge in [-0.3, -0.25) is 14.5 Å². The molecule has 3 fully saturated rings. The molecule has 51 heavy (non-hydrogen) atoms. The molecule has 2 atom stereocenters. The molecular formula is C29H39F6N5O10S. The monoisotopic (exact) mass is 763 g/mol. The van der Waals surface area contributed by atoms with Crippen molar-refractivity contribution in [1.82, 2.24) is 14.1 Å². The maximum absolute atomic E-state index is 13.6. The first-order valence-electron chi connectivity index (χ1n) is 15.4. The number of rotatable bonds is 7. The number of nitrogens with two attached hydrogens (primary N) is 1. The first-order valence-corrected chi connectivity index (χ1v) is 17.2. The summed E-state index contributed by atoms with van der Waals surface area (Å²) in [5, 5.41) is 26.2. The van der Waals surface area contributed by atoms with E-state index in [0.717, 1.165) is 25.7 Å². The number of carbonyl (C=O) groups is 5. The van der Waals surface area contributed by atoms with Crippen LogP contribution in [0.2, 0.25) is 0 Å². The number of carbonyl (C=O) groups excluding carboxylic acids is 2. The number of alkyl halides is 6. The minimum absolute atomic E-state index is 0.00545. The molecule has 0 aromatic heterocycles. The van der Waals surface area contributed by atoms with Gasteiger partial charge < -0.3 is 31.3 Å². The van der Waals surface area contributed by atoms with Crippen molar-refractivity contribution in [3.63, 3.8) is 0 Å². The van der Waals surface area contributed by atoms with Crippen molar-refractivity contribution in [2.24, 2.45) is 17.6 Å². The Bertz CT molecular complexity index is 1470. The van der Waals surface area contributed by atoms with E-state index in [2.05, 4.69) is 10.2 Å². The lowest BCUT2D eigenvalue weighted by Gasteiger charge is -2.37. The average Bonchev–Trinajstić information content (AvgIpc) is 3.50. The minimum atomic E-state index is -5.08. The van der Waals surface area contributed by atoms with E-state index in [1.807, 2.05) is 0 Å². The van der Waals surface area contributed by atoms with Crippen LogP contribution in [0.25, 0.3) is 0 Å². The average molecular weight is 764 g/mol. The van der Waals surface area contributed by atoms with Crippen molar-refractivity contribution in [3.05, 3.63) is 29.8 Å². The van der Waals surface area contributed by atoms with Gasteiger partial charge in [-0.2, -0.15) is 30.6 Å². The Morgan fingerprint density at radius 1 is 0.843 bits per heavy atom. The summed E-state index contributed by atoms with van der Waals surface area (Å²) in [6.07, 6.45) is -5.15. The molecular weight excluding hydrogens is 724 g/mol. The van der Waals surface area contributed by atoms with E-state index in [9.17, 15) is 49.1 Å². The van der Waals surface area contributed by atoms with Crippen molar-refractivity contribution in [3.8, 4) is 0 Å². The highest BCUT2D eigenvalue weighted by Crippen LogP contribution is 2.33. The van der Waals surface area contributed by atoms with Gasteiger partial charge in [0.2, 0.25) is 21.8 Å². The summed E-state index contributed by atoms with van der Waals surface area (Å²) in [7, 11) is -3.25. The molecule has 15 nitrogen and oxygen atoms in total. The van der Waals surface area contributed by atoms with Gasteiger partial charge in [-0.25, -0.2) is 22.8 Å². The molecule has 2 saturated heterocycles. The first kappa shape index (κ1) is 43.1. The van der Waals surface area contributed by atoms with Gasteiger partial charge in [-0.05, 0) is 68.8 Å². The Kier molecular flexibility index (Phi) is 15.2. The van der Waals surface area contributed by atoms with Crippen LogP contribution in [0.4, 0.5) is 32.0 Å². The molecule has 0 radical (unpaired) electrons. The number of aliphatic carboxylic acids is 2. The molecule has 0 bridgehead atoms. The third kappa shape index (κ3) is 13.2. The van der Waals surface area contributed by atoms with Gasteiger partial charge in [0.25, 0.3) is 0 Å². The van der Waals surface area contributed by atoms with E-state index in [0.29, 0.717) is 57.3 Å². The lowest BCUT2D eigenvalue weighted by atomic mass is 9.81. The van der Waals surface area contributed by atoms with Crippen LogP contribution in [-0.4, -0.2) is 138 Å². The second-order valence-electron chi connectivity index (χ2n) is 12.0. The van der Waals surface area contributed by atoms with Crippen LogP contribution in [0.15, 0.2) is 24.3 Å². The topological polar surface area (TPSA) is 228 Å². The predicted molar refractivity (Wildman–Crippen MR) is 166 cm³/mol. The number of nitrogens with one attached hydrogen (secondary N) is 1. The van der Waals surface area contributed by atoms with E-state index in [1.165, 1.54) is 22.7 Å². The fourth-order valence-electron chi connectivity index (χ4n) is 5.77. The molecule has 3 aliphatic rings. The SMILES string of the molecule is CS(=O)(=O)N1CCN([C@H]2C[C@@H](C(=O)Nc3ccc(C(=O)O)cc3)N(C(=O)[C@H]3CC[C@@H](CN)CC3)C2)CC1.O=C(O)C(F)(F)F.O=C(O)C(F)(F)F. The Morgan fingerprint density at radius 3 is 1.71 bits per heavy atom. The number of aromatic carboxylic acids is 1. The second kappa shape index (κ2) is 18.0. The summed E-state index contributed by atoms with van der Waals surface area (Å²) in [6, 6.07) is 5.23. The smallest absolute Gasteiger partial charge is 0.478 e. The summed E-state index contributed by atoms with van der Waals surface area (Å²) in [5.41, 5.74) is 6.41. The normalized spacial score (nSPS) is 23.2. The Labute approximate surface area is 288 Å². The fourth-order valence-corrected chi connectivity index (χ4v) is 6.60. The summed E-state index contributed by atoms with van der Waals surface area (Å²) in [6.45, 7) is 2.92. The number of hydrogen-bond donors (Lipinski definition) is 5. The fraction of sp³-hybridized carbons (Fsp3) is 0.621. The summed E-state index contributed by atoms with van der Waals surface area (Å²) in [4.78, 5) is 59.9. The zero-order chi connectivity index (χ0) is 38.9. The van der Waals surface area contributed by atoms with E-state index in [-0.39, 0.29) is 29.3 Å². The van der Waals surface area contributed by atoms with Gasteiger partial charge in [-0.15, -0.1) is 0 Å². The number of nitrogens with zero attached hydrogens (tertiary/aromatic N) is 3. The number of likely N-dealkylation sites (tertiary alicyclic amines) is 1. The molecule has 2 heterocycles.